The van der Waals surface area contributed by atoms with Crippen molar-refractivity contribution in [1.82, 2.24) is 15.1 Å². The van der Waals surface area contributed by atoms with Gasteiger partial charge in [0, 0.05) is 19.2 Å². The van der Waals surface area contributed by atoms with Crippen LogP contribution in [0.3, 0.4) is 0 Å². The number of nitrogens with zero attached hydrogens (tertiary/aromatic N) is 2. The molecule has 0 amide bonds. The Kier molecular flexibility index (Phi) is 3.30. The average Bonchev–Trinajstić information content (AvgIpc) is 2.44. The fraction of sp³-hybridized carbons (Fsp3) is 0.625. The van der Waals surface area contributed by atoms with E-state index >= 15 is 0 Å². The molecule has 1 aromatic heterocycles. The molecule has 5 heteroatoms. The minimum atomic E-state index is 0. The Morgan fingerprint density at radius 1 is 1.62 bits per heavy atom. The van der Waals surface area contributed by atoms with E-state index in [4.69, 9.17) is 5.11 Å². The maximum absolute atomic E-state index is 9.01. The van der Waals surface area contributed by atoms with Gasteiger partial charge in [-0.1, -0.05) is 0 Å². The molecule has 0 aliphatic carbocycles. The molecule has 2 heterocycles. The predicted molar refractivity (Wildman–Crippen MR) is 51.8 cm³/mol. The van der Waals surface area contributed by atoms with E-state index in [1.165, 1.54) is 11.3 Å². The van der Waals surface area contributed by atoms with Crippen LogP contribution in [0.2, 0.25) is 0 Å². The van der Waals surface area contributed by atoms with Gasteiger partial charge in [-0.05, 0) is 13.0 Å². The van der Waals surface area contributed by atoms with Gasteiger partial charge in [0.2, 0.25) is 0 Å². The molecule has 0 fully saturated rings. The highest BCUT2D eigenvalue weighted by molar-refractivity contribution is 5.85. The quantitative estimate of drug-likeness (QED) is 0.675. The molecule has 13 heavy (non-hydrogen) atoms. The molecule has 1 aromatic rings. The van der Waals surface area contributed by atoms with Crippen molar-refractivity contribution < 1.29 is 5.11 Å². The van der Waals surface area contributed by atoms with Crippen molar-refractivity contribution in [3.8, 4) is 0 Å². The zero-order valence-corrected chi connectivity index (χ0v) is 8.39. The number of rotatable bonds is 1. The first kappa shape index (κ1) is 10.5. The van der Waals surface area contributed by atoms with Gasteiger partial charge < -0.3 is 10.4 Å². The number of nitrogens with one attached hydrogen (secondary N) is 1. The molecule has 0 spiro atoms. The van der Waals surface area contributed by atoms with Crippen LogP contribution >= 0.6 is 12.4 Å². The van der Waals surface area contributed by atoms with Crippen LogP contribution in [0.1, 0.15) is 17.0 Å². The monoisotopic (exact) mass is 203 g/mol. The Balaban J connectivity index is 0.000000845. The van der Waals surface area contributed by atoms with Crippen LogP contribution in [-0.2, 0) is 26.6 Å². The minimum absolute atomic E-state index is 0. The highest BCUT2D eigenvalue weighted by Crippen LogP contribution is 2.17. The molecular formula is C8H14ClN3O. The van der Waals surface area contributed by atoms with E-state index in [1.54, 1.807) is 0 Å². The molecule has 2 N–H and O–H groups in total. The van der Waals surface area contributed by atoms with Crippen molar-refractivity contribution in [2.45, 2.75) is 19.6 Å². The zero-order valence-electron chi connectivity index (χ0n) is 7.58. The van der Waals surface area contributed by atoms with Gasteiger partial charge in [0.05, 0.1) is 18.0 Å². The van der Waals surface area contributed by atoms with Gasteiger partial charge in [-0.25, -0.2) is 0 Å². The molecule has 0 saturated heterocycles. The highest BCUT2D eigenvalue weighted by atomic mass is 35.5. The van der Waals surface area contributed by atoms with Crippen LogP contribution < -0.4 is 5.32 Å². The normalized spacial score (nSPS) is 14.9. The summed E-state index contributed by atoms with van der Waals surface area (Å²) in [5, 5.41) is 16.5. The molecule has 0 bridgehead atoms. The lowest BCUT2D eigenvalue weighted by Crippen LogP contribution is -2.25. The predicted octanol–water partition coefficient (Wildman–Crippen LogP) is -0.0201. The summed E-state index contributed by atoms with van der Waals surface area (Å²) in [5.41, 5.74) is 3.29. The zero-order chi connectivity index (χ0) is 8.55. The summed E-state index contributed by atoms with van der Waals surface area (Å²) in [6.45, 7) is 1.92. The van der Waals surface area contributed by atoms with E-state index in [-0.39, 0.29) is 19.0 Å². The molecule has 4 nitrogen and oxygen atoms in total. The summed E-state index contributed by atoms with van der Waals surface area (Å²) in [6.07, 6.45) is 0.985. The van der Waals surface area contributed by atoms with Crippen LogP contribution in [0, 0.1) is 0 Å². The smallest absolute Gasteiger partial charge is 0.0914 e. The van der Waals surface area contributed by atoms with Crippen LogP contribution in [-0.4, -0.2) is 21.4 Å². The summed E-state index contributed by atoms with van der Waals surface area (Å²) in [7, 11) is 1.92. The van der Waals surface area contributed by atoms with Gasteiger partial charge >= 0.3 is 0 Å². The molecular weight excluding hydrogens is 190 g/mol. The third kappa shape index (κ3) is 1.70. The molecule has 0 saturated carbocycles. The second kappa shape index (κ2) is 4.09. The van der Waals surface area contributed by atoms with Crippen molar-refractivity contribution in [2.75, 3.05) is 6.54 Å². The van der Waals surface area contributed by atoms with Crippen molar-refractivity contribution in [3.63, 3.8) is 0 Å². The molecule has 0 atom stereocenters. The van der Waals surface area contributed by atoms with Gasteiger partial charge in [0.15, 0.2) is 0 Å². The van der Waals surface area contributed by atoms with Crippen LogP contribution in [0.5, 0.6) is 0 Å². The van der Waals surface area contributed by atoms with Gasteiger partial charge in [-0.2, -0.15) is 5.10 Å². The summed E-state index contributed by atoms with van der Waals surface area (Å²) in [5.74, 6) is 0. The first-order valence-corrected chi connectivity index (χ1v) is 4.18. The summed E-state index contributed by atoms with van der Waals surface area (Å²) >= 11 is 0. The van der Waals surface area contributed by atoms with E-state index < -0.39 is 0 Å². The number of aliphatic hydroxyl groups is 1. The van der Waals surface area contributed by atoms with Gasteiger partial charge in [0.25, 0.3) is 0 Å². The van der Waals surface area contributed by atoms with Crippen LogP contribution in [0.4, 0.5) is 0 Å². The van der Waals surface area contributed by atoms with E-state index in [9.17, 15) is 0 Å². The van der Waals surface area contributed by atoms with Crippen molar-refractivity contribution in [1.29, 1.82) is 0 Å². The largest absolute Gasteiger partial charge is 0.390 e. The van der Waals surface area contributed by atoms with E-state index in [0.717, 1.165) is 25.2 Å². The topological polar surface area (TPSA) is 50.1 Å². The second-order valence-electron chi connectivity index (χ2n) is 3.08. The molecule has 74 valence electrons. The second-order valence-corrected chi connectivity index (χ2v) is 3.08. The molecule has 0 unspecified atom stereocenters. The number of aryl methyl sites for hydroxylation is 1. The molecule has 0 aromatic carbocycles. The van der Waals surface area contributed by atoms with Gasteiger partial charge in [0.1, 0.15) is 0 Å². The average molecular weight is 204 g/mol. The first-order chi connectivity index (χ1) is 5.83. The Hall–Kier alpha value is -0.580. The Bertz CT molecular complexity index is 298. The van der Waals surface area contributed by atoms with Crippen molar-refractivity contribution in [2.24, 2.45) is 7.05 Å². The number of aromatic nitrogens is 2. The van der Waals surface area contributed by atoms with Crippen molar-refractivity contribution in [3.05, 3.63) is 17.0 Å². The summed E-state index contributed by atoms with van der Waals surface area (Å²) < 4.78 is 1.85. The molecule has 1 aliphatic heterocycles. The first-order valence-electron chi connectivity index (χ1n) is 4.18. The van der Waals surface area contributed by atoms with Crippen LogP contribution in [0.15, 0.2) is 0 Å². The van der Waals surface area contributed by atoms with Crippen LogP contribution in [0.25, 0.3) is 0 Å². The van der Waals surface area contributed by atoms with E-state index in [0.29, 0.717) is 0 Å². The highest BCUT2D eigenvalue weighted by Gasteiger charge is 2.17. The van der Waals surface area contributed by atoms with E-state index in [2.05, 4.69) is 10.4 Å². The number of hydrogen-bond acceptors (Lipinski definition) is 3. The lowest BCUT2D eigenvalue weighted by atomic mass is 10.1. The standard InChI is InChI=1S/C8H13N3O.ClH/c1-11-8-4-9-3-2-6(8)7(5-12)10-11;/h9,12H,2-5H2,1H3;1H. The number of aliphatic hydroxyl groups excluding tert-OH is 1. The van der Waals surface area contributed by atoms with E-state index in [1.807, 2.05) is 11.7 Å². The third-order valence-corrected chi connectivity index (χ3v) is 2.35. The SMILES string of the molecule is Cl.Cn1nc(CO)c2c1CNCC2. The Morgan fingerprint density at radius 2 is 2.38 bits per heavy atom. The summed E-state index contributed by atoms with van der Waals surface area (Å²) in [4.78, 5) is 0. The molecule has 2 rings (SSSR count). The third-order valence-electron chi connectivity index (χ3n) is 2.35. The molecule has 0 radical (unpaired) electrons. The Morgan fingerprint density at radius 3 is 3.08 bits per heavy atom. The van der Waals surface area contributed by atoms with Crippen molar-refractivity contribution >= 4 is 12.4 Å². The summed E-state index contributed by atoms with van der Waals surface area (Å²) in [6, 6.07) is 0. The fourth-order valence-corrected chi connectivity index (χ4v) is 1.72. The maximum atomic E-state index is 9.01. The lowest BCUT2D eigenvalue weighted by Gasteiger charge is -2.13. The number of halogens is 1. The number of hydrogen-bond donors (Lipinski definition) is 2. The minimum Gasteiger partial charge on any atom is -0.390 e. The fourth-order valence-electron chi connectivity index (χ4n) is 1.72. The van der Waals surface area contributed by atoms with Gasteiger partial charge in [-0.15, -0.1) is 12.4 Å². The molecule has 1 aliphatic rings. The van der Waals surface area contributed by atoms with Gasteiger partial charge in [-0.3, -0.25) is 4.68 Å². The maximum Gasteiger partial charge on any atom is 0.0914 e. The number of fused-ring (bicyclic) bond motifs is 1. The Labute approximate surface area is 83.4 Å². The lowest BCUT2D eigenvalue weighted by molar-refractivity contribution is 0.274.